The number of hydrogen-bond acceptors (Lipinski definition) is 3. The smallest absolute Gasteiger partial charge is 0.124 e. The number of hydrogen-bond donors (Lipinski definition) is 1. The SMILES string of the molecule is Brc1ccc2c(c1)C(Nc1ccc(Br)nc1)CCO2. The van der Waals surface area contributed by atoms with E-state index < -0.39 is 0 Å². The van der Waals surface area contributed by atoms with Gasteiger partial charge in [0.1, 0.15) is 10.4 Å². The highest BCUT2D eigenvalue weighted by Crippen LogP contribution is 2.36. The molecule has 0 spiro atoms. The quantitative estimate of drug-likeness (QED) is 0.773. The topological polar surface area (TPSA) is 34.2 Å². The first-order chi connectivity index (χ1) is 9.22. The summed E-state index contributed by atoms with van der Waals surface area (Å²) in [6, 6.07) is 10.3. The molecule has 1 atom stereocenters. The molecule has 98 valence electrons. The maximum Gasteiger partial charge on any atom is 0.124 e. The number of anilines is 1. The van der Waals surface area contributed by atoms with Gasteiger partial charge < -0.3 is 10.1 Å². The van der Waals surface area contributed by atoms with E-state index in [1.165, 1.54) is 5.56 Å². The van der Waals surface area contributed by atoms with Crippen molar-refractivity contribution in [2.75, 3.05) is 11.9 Å². The number of pyridine rings is 1. The lowest BCUT2D eigenvalue weighted by Crippen LogP contribution is -2.20. The molecule has 0 aliphatic carbocycles. The van der Waals surface area contributed by atoms with Crippen LogP contribution in [0.5, 0.6) is 5.75 Å². The van der Waals surface area contributed by atoms with Crippen LogP contribution in [0.25, 0.3) is 0 Å². The molecule has 3 rings (SSSR count). The molecule has 1 aromatic carbocycles. The fourth-order valence-electron chi connectivity index (χ4n) is 2.18. The third kappa shape index (κ3) is 2.92. The van der Waals surface area contributed by atoms with Gasteiger partial charge in [0, 0.05) is 16.5 Å². The standard InChI is InChI=1S/C14H12Br2N2O/c15-9-1-3-13-11(7-9)12(5-6-19-13)18-10-2-4-14(16)17-8-10/h1-4,7-8,12,18H,5-6H2. The van der Waals surface area contributed by atoms with E-state index in [-0.39, 0.29) is 6.04 Å². The molecular formula is C14H12Br2N2O. The summed E-state index contributed by atoms with van der Waals surface area (Å²) in [6.07, 6.45) is 2.77. The van der Waals surface area contributed by atoms with E-state index in [1.54, 1.807) is 0 Å². The Hall–Kier alpha value is -1.07. The normalized spacial score (nSPS) is 17.5. The van der Waals surface area contributed by atoms with Crippen LogP contribution in [-0.4, -0.2) is 11.6 Å². The van der Waals surface area contributed by atoms with Crippen molar-refractivity contribution in [1.29, 1.82) is 0 Å². The summed E-state index contributed by atoms with van der Waals surface area (Å²) in [5.74, 6) is 0.956. The fourth-order valence-corrected chi connectivity index (χ4v) is 2.79. The van der Waals surface area contributed by atoms with Crippen LogP contribution in [0.3, 0.4) is 0 Å². The second-order valence-corrected chi connectivity index (χ2v) is 6.11. The second kappa shape index (κ2) is 5.51. The van der Waals surface area contributed by atoms with Crippen LogP contribution < -0.4 is 10.1 Å². The Morgan fingerprint density at radius 2 is 2.11 bits per heavy atom. The summed E-state index contributed by atoms with van der Waals surface area (Å²) in [4.78, 5) is 4.23. The van der Waals surface area contributed by atoms with Gasteiger partial charge in [-0.2, -0.15) is 0 Å². The monoisotopic (exact) mass is 382 g/mol. The van der Waals surface area contributed by atoms with Crippen molar-refractivity contribution in [3.63, 3.8) is 0 Å². The maximum absolute atomic E-state index is 5.68. The molecule has 2 heterocycles. The predicted molar refractivity (Wildman–Crippen MR) is 82.6 cm³/mol. The zero-order valence-corrected chi connectivity index (χ0v) is 13.2. The first-order valence-corrected chi connectivity index (χ1v) is 7.61. The molecular weight excluding hydrogens is 372 g/mol. The molecule has 0 bridgehead atoms. The van der Waals surface area contributed by atoms with Crippen molar-refractivity contribution >= 4 is 37.5 Å². The molecule has 0 saturated carbocycles. The molecule has 2 aromatic rings. The third-order valence-electron chi connectivity index (χ3n) is 3.08. The van der Waals surface area contributed by atoms with Gasteiger partial charge in [0.25, 0.3) is 0 Å². The maximum atomic E-state index is 5.68. The van der Waals surface area contributed by atoms with E-state index in [9.17, 15) is 0 Å². The van der Waals surface area contributed by atoms with E-state index in [0.29, 0.717) is 0 Å². The van der Waals surface area contributed by atoms with E-state index in [0.717, 1.165) is 33.5 Å². The number of nitrogens with zero attached hydrogens (tertiary/aromatic N) is 1. The van der Waals surface area contributed by atoms with Gasteiger partial charge in [-0.05, 0) is 46.3 Å². The first kappa shape index (κ1) is 12.9. The van der Waals surface area contributed by atoms with Gasteiger partial charge in [0.2, 0.25) is 0 Å². The largest absolute Gasteiger partial charge is 0.493 e. The fraction of sp³-hybridized carbons (Fsp3) is 0.214. The molecule has 0 fully saturated rings. The zero-order chi connectivity index (χ0) is 13.2. The number of fused-ring (bicyclic) bond motifs is 1. The van der Waals surface area contributed by atoms with E-state index in [2.05, 4.69) is 48.2 Å². The summed E-state index contributed by atoms with van der Waals surface area (Å²) in [5.41, 5.74) is 2.20. The number of rotatable bonds is 2. The number of halogens is 2. The van der Waals surface area contributed by atoms with Gasteiger partial charge >= 0.3 is 0 Å². The van der Waals surface area contributed by atoms with Crippen LogP contribution >= 0.6 is 31.9 Å². The van der Waals surface area contributed by atoms with Gasteiger partial charge in [0.05, 0.1) is 24.5 Å². The molecule has 1 aromatic heterocycles. The van der Waals surface area contributed by atoms with Crippen LogP contribution in [0.15, 0.2) is 45.6 Å². The molecule has 1 aliphatic heterocycles. The van der Waals surface area contributed by atoms with E-state index >= 15 is 0 Å². The Morgan fingerprint density at radius 1 is 1.21 bits per heavy atom. The van der Waals surface area contributed by atoms with Crippen molar-refractivity contribution < 1.29 is 4.74 Å². The minimum atomic E-state index is 0.254. The molecule has 0 radical (unpaired) electrons. The highest BCUT2D eigenvalue weighted by molar-refractivity contribution is 9.10. The Labute approximate surface area is 128 Å². The van der Waals surface area contributed by atoms with Gasteiger partial charge in [-0.25, -0.2) is 4.98 Å². The highest BCUT2D eigenvalue weighted by atomic mass is 79.9. The van der Waals surface area contributed by atoms with Gasteiger partial charge in [-0.1, -0.05) is 15.9 Å². The number of ether oxygens (including phenoxy) is 1. The van der Waals surface area contributed by atoms with Gasteiger partial charge in [-0.3, -0.25) is 0 Å². The lowest BCUT2D eigenvalue weighted by Gasteiger charge is -2.27. The number of aromatic nitrogens is 1. The lowest BCUT2D eigenvalue weighted by molar-refractivity contribution is 0.274. The van der Waals surface area contributed by atoms with Crippen LogP contribution in [0, 0.1) is 0 Å². The second-order valence-electron chi connectivity index (χ2n) is 4.39. The molecule has 0 amide bonds. The molecule has 3 nitrogen and oxygen atoms in total. The van der Waals surface area contributed by atoms with Crippen LogP contribution in [-0.2, 0) is 0 Å². The third-order valence-corrected chi connectivity index (χ3v) is 4.04. The molecule has 1 unspecified atom stereocenters. The number of benzene rings is 1. The molecule has 19 heavy (non-hydrogen) atoms. The summed E-state index contributed by atoms with van der Waals surface area (Å²) >= 11 is 6.85. The van der Waals surface area contributed by atoms with E-state index in [4.69, 9.17) is 4.74 Å². The minimum Gasteiger partial charge on any atom is -0.493 e. The summed E-state index contributed by atoms with van der Waals surface area (Å²) < 4.78 is 7.59. The number of nitrogens with one attached hydrogen (secondary N) is 1. The summed E-state index contributed by atoms with van der Waals surface area (Å²) in [7, 11) is 0. The summed E-state index contributed by atoms with van der Waals surface area (Å²) in [6.45, 7) is 0.732. The van der Waals surface area contributed by atoms with Crippen LogP contribution in [0.4, 0.5) is 5.69 Å². The van der Waals surface area contributed by atoms with E-state index in [1.807, 2.05) is 30.5 Å². The van der Waals surface area contributed by atoms with Crippen LogP contribution in [0.1, 0.15) is 18.0 Å². The minimum absolute atomic E-state index is 0.254. The Balaban J connectivity index is 1.87. The van der Waals surface area contributed by atoms with Crippen molar-refractivity contribution in [2.45, 2.75) is 12.5 Å². The van der Waals surface area contributed by atoms with Crippen molar-refractivity contribution in [3.8, 4) is 5.75 Å². The van der Waals surface area contributed by atoms with Crippen molar-refractivity contribution in [3.05, 3.63) is 51.2 Å². The molecule has 1 aliphatic rings. The van der Waals surface area contributed by atoms with Crippen LogP contribution in [0.2, 0.25) is 0 Å². The Kier molecular flexibility index (Phi) is 3.75. The van der Waals surface area contributed by atoms with Crippen molar-refractivity contribution in [1.82, 2.24) is 4.98 Å². The average molecular weight is 384 g/mol. The predicted octanol–water partition coefficient (Wildman–Crippen LogP) is 4.54. The summed E-state index contributed by atoms with van der Waals surface area (Å²) in [5, 5.41) is 3.51. The molecule has 0 saturated heterocycles. The molecule has 1 N–H and O–H groups in total. The highest BCUT2D eigenvalue weighted by Gasteiger charge is 2.21. The van der Waals surface area contributed by atoms with Gasteiger partial charge in [0.15, 0.2) is 0 Å². The first-order valence-electron chi connectivity index (χ1n) is 6.03. The Morgan fingerprint density at radius 3 is 2.89 bits per heavy atom. The van der Waals surface area contributed by atoms with Crippen molar-refractivity contribution in [2.24, 2.45) is 0 Å². The lowest BCUT2D eigenvalue weighted by atomic mass is 10.0. The zero-order valence-electron chi connectivity index (χ0n) is 10.1. The molecule has 5 heteroatoms. The van der Waals surface area contributed by atoms with Gasteiger partial charge in [-0.15, -0.1) is 0 Å². The Bertz CT molecular complexity index is 586. The average Bonchev–Trinajstić information content (AvgIpc) is 2.42.